The number of nitrogens with one attached hydrogen (secondary N) is 1. The van der Waals surface area contributed by atoms with Gasteiger partial charge in [0.05, 0.1) is 11.1 Å². The molecule has 0 bridgehead atoms. The smallest absolute Gasteiger partial charge is 0.253 e. The summed E-state index contributed by atoms with van der Waals surface area (Å²) in [5, 5.41) is 35.1. The number of rotatable bonds is 14. The number of phenols is 3. The van der Waals surface area contributed by atoms with E-state index < -0.39 is 0 Å². The molecule has 1 aromatic heterocycles. The van der Waals surface area contributed by atoms with E-state index in [-0.39, 0.29) is 56.3 Å². The number of carbonyl (C=O) groups excluding carboxylic acids is 1. The molecule has 0 aliphatic carbocycles. The monoisotopic (exact) mass is 538 g/mol. The third-order valence-electron chi connectivity index (χ3n) is 6.67. The largest absolute Gasteiger partial charge is 0.507 e. The van der Waals surface area contributed by atoms with Crippen LogP contribution < -0.4 is 5.32 Å². The van der Waals surface area contributed by atoms with Crippen LogP contribution in [0.4, 0.5) is 0 Å². The SMILES string of the molecule is Cc1c(O)c(/C=N/CCCCCN(C)C)c2nc3c(O)ccc(C(=O)NCCCCCN(C)C)c3nc2c1O. The van der Waals surface area contributed by atoms with Crippen molar-refractivity contribution >= 4 is 34.2 Å². The number of benzene rings is 2. The summed E-state index contributed by atoms with van der Waals surface area (Å²) in [5.74, 6) is -0.851. The molecule has 10 heteroatoms. The van der Waals surface area contributed by atoms with Crippen LogP contribution in [-0.4, -0.2) is 102 Å². The molecule has 4 N–H and O–H groups in total. The molecular weight excluding hydrogens is 496 g/mol. The van der Waals surface area contributed by atoms with Crippen molar-refractivity contribution in [1.29, 1.82) is 0 Å². The number of amides is 1. The van der Waals surface area contributed by atoms with E-state index in [1.165, 1.54) is 12.1 Å². The van der Waals surface area contributed by atoms with Crippen molar-refractivity contribution in [2.24, 2.45) is 4.99 Å². The first-order valence-electron chi connectivity index (χ1n) is 13.6. The molecule has 1 heterocycles. The van der Waals surface area contributed by atoms with Gasteiger partial charge in [-0.05, 0) is 86.0 Å². The van der Waals surface area contributed by atoms with E-state index in [4.69, 9.17) is 0 Å². The quantitative estimate of drug-likeness (QED) is 0.138. The second-order valence-corrected chi connectivity index (χ2v) is 10.5. The highest BCUT2D eigenvalue weighted by Gasteiger charge is 2.22. The van der Waals surface area contributed by atoms with Gasteiger partial charge >= 0.3 is 0 Å². The Hall–Kier alpha value is -3.50. The van der Waals surface area contributed by atoms with Gasteiger partial charge in [0, 0.05) is 24.9 Å². The zero-order valence-electron chi connectivity index (χ0n) is 23.8. The molecule has 39 heavy (non-hydrogen) atoms. The van der Waals surface area contributed by atoms with Crippen LogP contribution in [0.3, 0.4) is 0 Å². The minimum atomic E-state index is -0.327. The first-order chi connectivity index (χ1) is 18.6. The van der Waals surface area contributed by atoms with Crippen molar-refractivity contribution in [3.8, 4) is 17.2 Å². The van der Waals surface area contributed by atoms with Gasteiger partial charge in [0.1, 0.15) is 39.3 Å². The predicted octanol–water partition coefficient (Wildman–Crippen LogP) is 3.82. The maximum Gasteiger partial charge on any atom is 0.253 e. The van der Waals surface area contributed by atoms with Gasteiger partial charge in [-0.1, -0.05) is 12.8 Å². The molecule has 0 spiro atoms. The Bertz CT molecular complexity index is 1320. The van der Waals surface area contributed by atoms with E-state index in [0.717, 1.165) is 51.6 Å². The van der Waals surface area contributed by atoms with Crippen LogP contribution in [0.1, 0.15) is 60.0 Å². The predicted molar refractivity (Wildman–Crippen MR) is 156 cm³/mol. The fourth-order valence-electron chi connectivity index (χ4n) is 4.37. The van der Waals surface area contributed by atoms with Crippen molar-refractivity contribution in [3.63, 3.8) is 0 Å². The Kier molecular flexibility index (Phi) is 10.8. The number of aromatic hydroxyl groups is 3. The topological polar surface area (TPSA) is 134 Å². The highest BCUT2D eigenvalue weighted by molar-refractivity contribution is 6.10. The summed E-state index contributed by atoms with van der Waals surface area (Å²) in [6.45, 7) is 4.71. The van der Waals surface area contributed by atoms with Crippen LogP contribution in [0.15, 0.2) is 17.1 Å². The van der Waals surface area contributed by atoms with Crippen LogP contribution in [0.5, 0.6) is 17.2 Å². The lowest BCUT2D eigenvalue weighted by Gasteiger charge is -2.13. The average molecular weight is 539 g/mol. The van der Waals surface area contributed by atoms with Crippen molar-refractivity contribution in [2.75, 3.05) is 54.4 Å². The molecule has 10 nitrogen and oxygen atoms in total. The first-order valence-corrected chi connectivity index (χ1v) is 13.6. The van der Waals surface area contributed by atoms with Crippen molar-refractivity contribution < 1.29 is 20.1 Å². The summed E-state index contributed by atoms with van der Waals surface area (Å²) in [6.07, 6.45) is 7.46. The molecule has 212 valence electrons. The van der Waals surface area contributed by atoms with Crippen molar-refractivity contribution in [3.05, 3.63) is 28.8 Å². The third kappa shape index (κ3) is 7.77. The number of carbonyl (C=O) groups is 1. The Morgan fingerprint density at radius 1 is 0.846 bits per heavy atom. The molecule has 0 aliphatic rings. The molecule has 0 fully saturated rings. The molecule has 0 aliphatic heterocycles. The number of nitrogens with zero attached hydrogens (tertiary/aromatic N) is 5. The van der Waals surface area contributed by atoms with Crippen LogP contribution in [0.25, 0.3) is 22.1 Å². The summed E-state index contributed by atoms with van der Waals surface area (Å²) in [4.78, 5) is 30.9. The van der Waals surface area contributed by atoms with E-state index in [1.54, 1.807) is 13.1 Å². The Morgan fingerprint density at radius 2 is 1.49 bits per heavy atom. The Balaban J connectivity index is 1.88. The first kappa shape index (κ1) is 30.0. The van der Waals surface area contributed by atoms with Gasteiger partial charge in [-0.2, -0.15) is 0 Å². The zero-order chi connectivity index (χ0) is 28.5. The van der Waals surface area contributed by atoms with Crippen LogP contribution in [0, 0.1) is 6.92 Å². The molecule has 2 aromatic carbocycles. The third-order valence-corrected chi connectivity index (χ3v) is 6.67. The normalized spacial score (nSPS) is 12.0. The summed E-state index contributed by atoms with van der Waals surface area (Å²) in [7, 11) is 8.17. The lowest BCUT2D eigenvalue weighted by atomic mass is 10.0. The lowest BCUT2D eigenvalue weighted by Crippen LogP contribution is -2.25. The molecule has 3 aromatic rings. The highest BCUT2D eigenvalue weighted by atomic mass is 16.3. The van der Waals surface area contributed by atoms with E-state index in [1.807, 2.05) is 28.2 Å². The Labute approximate surface area is 230 Å². The molecule has 0 unspecified atom stereocenters. The molecule has 0 saturated carbocycles. The second kappa shape index (κ2) is 14.0. The van der Waals surface area contributed by atoms with Crippen molar-refractivity contribution in [2.45, 2.75) is 45.4 Å². The standard InChI is InChI=1S/C29H42N6O4/c1-19-27(37)21(18-30-14-8-6-10-16-34(2)3)24-26(28(19)38)33-23-20(12-13-22(36)25(23)32-24)29(39)31-15-9-7-11-17-35(4)5/h12-13,18,36-38H,6-11,14-17H2,1-5H3,(H,31,39)/b30-18+. The molecule has 0 atom stereocenters. The maximum atomic E-state index is 13.0. The van der Waals surface area contributed by atoms with Crippen molar-refractivity contribution in [1.82, 2.24) is 25.1 Å². The van der Waals surface area contributed by atoms with Gasteiger partial charge in [0.2, 0.25) is 0 Å². The number of hydrogen-bond donors (Lipinski definition) is 4. The van der Waals surface area contributed by atoms with Gasteiger partial charge in [-0.15, -0.1) is 0 Å². The molecule has 1 amide bonds. The Morgan fingerprint density at radius 3 is 2.15 bits per heavy atom. The fourth-order valence-corrected chi connectivity index (χ4v) is 4.37. The number of aromatic nitrogens is 2. The van der Waals surface area contributed by atoms with E-state index in [0.29, 0.717) is 18.7 Å². The van der Waals surface area contributed by atoms with Gasteiger partial charge in [0.25, 0.3) is 5.91 Å². The summed E-state index contributed by atoms with van der Waals surface area (Å²) >= 11 is 0. The number of unbranched alkanes of at least 4 members (excludes halogenated alkanes) is 4. The summed E-state index contributed by atoms with van der Waals surface area (Å²) in [5.41, 5.74) is 1.44. The molecular formula is C29H42N6O4. The number of hydrogen-bond acceptors (Lipinski definition) is 9. The summed E-state index contributed by atoms with van der Waals surface area (Å²) in [6, 6.07) is 2.91. The van der Waals surface area contributed by atoms with E-state index >= 15 is 0 Å². The molecule has 0 saturated heterocycles. The van der Waals surface area contributed by atoms with Crippen LogP contribution >= 0.6 is 0 Å². The maximum absolute atomic E-state index is 13.0. The van der Waals surface area contributed by atoms with Crippen LogP contribution in [-0.2, 0) is 0 Å². The van der Waals surface area contributed by atoms with E-state index in [9.17, 15) is 20.1 Å². The van der Waals surface area contributed by atoms with Gasteiger partial charge in [-0.3, -0.25) is 9.79 Å². The van der Waals surface area contributed by atoms with E-state index in [2.05, 4.69) is 30.1 Å². The minimum absolute atomic E-state index is 0.113. The van der Waals surface area contributed by atoms with Crippen LogP contribution in [0.2, 0.25) is 0 Å². The van der Waals surface area contributed by atoms with Gasteiger partial charge < -0.3 is 30.4 Å². The minimum Gasteiger partial charge on any atom is -0.507 e. The van der Waals surface area contributed by atoms with Gasteiger partial charge in [0.15, 0.2) is 0 Å². The lowest BCUT2D eigenvalue weighted by molar-refractivity contribution is 0.0954. The zero-order valence-corrected chi connectivity index (χ0v) is 23.8. The number of phenolic OH excluding ortho intramolecular Hbond substituents is 3. The average Bonchev–Trinajstić information content (AvgIpc) is 2.89. The second-order valence-electron chi connectivity index (χ2n) is 10.5. The highest BCUT2D eigenvalue weighted by Crippen LogP contribution is 2.38. The number of aliphatic imine (C=N–C) groups is 1. The molecule has 0 radical (unpaired) electrons. The number of fused-ring (bicyclic) bond motifs is 2. The molecule has 3 rings (SSSR count). The fraction of sp³-hybridized carbons (Fsp3) is 0.517. The van der Waals surface area contributed by atoms with Gasteiger partial charge in [-0.25, -0.2) is 9.97 Å². The summed E-state index contributed by atoms with van der Waals surface area (Å²) < 4.78 is 0.